The summed E-state index contributed by atoms with van der Waals surface area (Å²) in [5.74, 6) is 0.565. The smallest absolute Gasteiger partial charge is 0.238 e. The molecule has 0 aliphatic heterocycles. The lowest BCUT2D eigenvalue weighted by atomic mass is 10.0. The second-order valence-electron chi connectivity index (χ2n) is 12.2. The maximum atomic E-state index is 6.49. The van der Waals surface area contributed by atoms with E-state index in [4.69, 9.17) is 18.8 Å². The average Bonchev–Trinajstić information content (AvgIpc) is 3.80. The Morgan fingerprint density at radius 3 is 1.96 bits per heavy atom. The summed E-state index contributed by atoms with van der Waals surface area (Å²) in [6, 6.07) is 48.5. The van der Waals surface area contributed by atoms with Gasteiger partial charge in [0.05, 0.1) is 22.1 Å². The molecule has 11 rings (SSSR count). The van der Waals surface area contributed by atoms with E-state index in [1.165, 1.54) is 16.2 Å². The Morgan fingerprint density at radius 2 is 1.11 bits per heavy atom. The molecule has 0 unspecified atom stereocenters. The number of aromatic nitrogens is 3. The van der Waals surface area contributed by atoms with Crippen molar-refractivity contribution in [3.8, 4) is 17.2 Å². The minimum absolute atomic E-state index is 0.555. The van der Waals surface area contributed by atoms with Crippen LogP contribution in [0.4, 0.5) is 0 Å². The van der Waals surface area contributed by atoms with Gasteiger partial charge >= 0.3 is 0 Å². The van der Waals surface area contributed by atoms with Crippen LogP contribution in [0.1, 0.15) is 0 Å². The molecular formula is C42H23N3O2. The maximum absolute atomic E-state index is 6.49. The van der Waals surface area contributed by atoms with Gasteiger partial charge in [-0.05, 0) is 52.6 Å². The van der Waals surface area contributed by atoms with E-state index in [1.54, 1.807) is 0 Å². The van der Waals surface area contributed by atoms with Gasteiger partial charge in [0.1, 0.15) is 16.7 Å². The van der Waals surface area contributed by atoms with Crippen molar-refractivity contribution in [3.63, 3.8) is 0 Å². The number of fused-ring (bicyclic) bond motifs is 13. The number of furan rings is 2. The molecule has 47 heavy (non-hydrogen) atoms. The van der Waals surface area contributed by atoms with E-state index in [0.717, 1.165) is 76.7 Å². The fraction of sp³-hybridized carbons (Fsp3) is 0. The van der Waals surface area contributed by atoms with Crippen LogP contribution in [0.25, 0.3) is 105 Å². The summed E-state index contributed by atoms with van der Waals surface area (Å²) in [6.45, 7) is 0. The van der Waals surface area contributed by atoms with E-state index < -0.39 is 0 Å². The highest BCUT2D eigenvalue weighted by Crippen LogP contribution is 2.42. The van der Waals surface area contributed by atoms with Gasteiger partial charge in [0, 0.05) is 37.9 Å². The van der Waals surface area contributed by atoms with Crippen LogP contribution in [0.2, 0.25) is 0 Å². The molecule has 0 amide bonds. The summed E-state index contributed by atoms with van der Waals surface area (Å²) < 4.78 is 14.9. The zero-order valence-corrected chi connectivity index (χ0v) is 24.9. The Morgan fingerprint density at radius 1 is 0.447 bits per heavy atom. The van der Waals surface area contributed by atoms with Crippen molar-refractivity contribution >= 4 is 87.4 Å². The van der Waals surface area contributed by atoms with E-state index in [0.29, 0.717) is 11.7 Å². The van der Waals surface area contributed by atoms with Gasteiger partial charge in [-0.15, -0.1) is 0 Å². The Bertz CT molecular complexity index is 3090. The van der Waals surface area contributed by atoms with Crippen LogP contribution in [0.5, 0.6) is 0 Å². The van der Waals surface area contributed by atoms with Gasteiger partial charge in [0.25, 0.3) is 0 Å². The summed E-state index contributed by atoms with van der Waals surface area (Å²) in [7, 11) is 0. The average molecular weight is 602 g/mol. The molecule has 0 radical (unpaired) electrons. The fourth-order valence-electron chi connectivity index (χ4n) is 7.55. The SMILES string of the molecule is c1ccc2c(c1)ccc1c2c2ccc3ccccc3c2n1-c1nc(-c2ccc3oc4ccccc4c3c2)c2c(n1)oc1ccccc12. The van der Waals surface area contributed by atoms with Crippen molar-refractivity contribution in [3.05, 3.63) is 140 Å². The highest BCUT2D eigenvalue weighted by Gasteiger charge is 2.23. The van der Waals surface area contributed by atoms with Crippen molar-refractivity contribution in [2.24, 2.45) is 0 Å². The van der Waals surface area contributed by atoms with Crippen LogP contribution in [0.15, 0.2) is 148 Å². The number of para-hydroxylation sites is 2. The third-order valence-electron chi connectivity index (χ3n) is 9.62. The monoisotopic (exact) mass is 601 g/mol. The summed E-state index contributed by atoms with van der Waals surface area (Å²) in [4.78, 5) is 10.7. The number of hydrogen-bond acceptors (Lipinski definition) is 4. The summed E-state index contributed by atoms with van der Waals surface area (Å²) in [6.07, 6.45) is 0. The van der Waals surface area contributed by atoms with Gasteiger partial charge in [0.15, 0.2) is 0 Å². The first kappa shape index (κ1) is 24.8. The van der Waals surface area contributed by atoms with Gasteiger partial charge in [-0.25, -0.2) is 4.98 Å². The quantitative estimate of drug-likeness (QED) is 0.198. The largest absolute Gasteiger partial charge is 0.456 e. The first-order valence-electron chi connectivity index (χ1n) is 15.8. The third kappa shape index (κ3) is 3.37. The van der Waals surface area contributed by atoms with Crippen molar-refractivity contribution in [2.45, 2.75) is 0 Å². The molecule has 0 saturated heterocycles. The second-order valence-corrected chi connectivity index (χ2v) is 12.2. The topological polar surface area (TPSA) is 57.0 Å². The highest BCUT2D eigenvalue weighted by molar-refractivity contribution is 6.26. The van der Waals surface area contributed by atoms with Crippen LogP contribution >= 0.6 is 0 Å². The van der Waals surface area contributed by atoms with E-state index in [2.05, 4.69) is 102 Å². The molecule has 5 heteroatoms. The molecule has 0 aliphatic rings. The molecule has 0 atom stereocenters. The van der Waals surface area contributed by atoms with Gasteiger partial charge < -0.3 is 8.83 Å². The second kappa shape index (κ2) is 9.05. The van der Waals surface area contributed by atoms with Gasteiger partial charge in [-0.2, -0.15) is 4.98 Å². The zero-order valence-electron chi connectivity index (χ0n) is 24.9. The van der Waals surface area contributed by atoms with Crippen LogP contribution < -0.4 is 0 Å². The Balaban J connectivity index is 1.31. The molecule has 4 aromatic heterocycles. The minimum Gasteiger partial charge on any atom is -0.456 e. The first-order valence-corrected chi connectivity index (χ1v) is 15.8. The van der Waals surface area contributed by atoms with Gasteiger partial charge in [-0.1, -0.05) is 103 Å². The summed E-state index contributed by atoms with van der Waals surface area (Å²) in [5, 5.41) is 11.1. The molecule has 218 valence electrons. The minimum atomic E-state index is 0.555. The Kier molecular flexibility index (Phi) is 4.78. The van der Waals surface area contributed by atoms with Crippen molar-refractivity contribution in [1.82, 2.24) is 14.5 Å². The lowest BCUT2D eigenvalue weighted by Gasteiger charge is -2.11. The van der Waals surface area contributed by atoms with E-state index in [9.17, 15) is 0 Å². The summed E-state index contributed by atoms with van der Waals surface area (Å²) >= 11 is 0. The van der Waals surface area contributed by atoms with E-state index in [-0.39, 0.29) is 0 Å². The first-order chi connectivity index (χ1) is 23.3. The number of rotatable bonds is 2. The molecule has 0 aliphatic carbocycles. The van der Waals surface area contributed by atoms with E-state index in [1.807, 2.05) is 42.5 Å². The number of benzene rings is 7. The molecule has 5 nitrogen and oxygen atoms in total. The van der Waals surface area contributed by atoms with Crippen molar-refractivity contribution in [2.75, 3.05) is 0 Å². The molecule has 0 saturated carbocycles. The molecular weight excluding hydrogens is 578 g/mol. The molecule has 0 N–H and O–H groups in total. The normalized spacial score (nSPS) is 12.3. The Labute approximate surface area is 266 Å². The lowest BCUT2D eigenvalue weighted by Crippen LogP contribution is -2.03. The molecule has 7 aromatic carbocycles. The van der Waals surface area contributed by atoms with Crippen LogP contribution in [-0.2, 0) is 0 Å². The molecule has 4 heterocycles. The van der Waals surface area contributed by atoms with Gasteiger partial charge in [0.2, 0.25) is 11.7 Å². The molecule has 11 aromatic rings. The predicted octanol–water partition coefficient (Wildman–Crippen LogP) is 11.3. The van der Waals surface area contributed by atoms with Crippen LogP contribution in [0, 0.1) is 0 Å². The maximum Gasteiger partial charge on any atom is 0.238 e. The fourth-order valence-corrected chi connectivity index (χ4v) is 7.55. The third-order valence-corrected chi connectivity index (χ3v) is 9.62. The van der Waals surface area contributed by atoms with Crippen molar-refractivity contribution < 1.29 is 8.83 Å². The van der Waals surface area contributed by atoms with Crippen LogP contribution in [0.3, 0.4) is 0 Å². The lowest BCUT2D eigenvalue weighted by molar-refractivity contribution is 0.651. The Hall–Kier alpha value is -6.46. The molecule has 0 fully saturated rings. The standard InChI is InChI=1S/C42H23N3O2/c1-3-11-27-24(9-1)18-21-33-37(27)31-20-17-25-10-2-4-12-28(25)40(31)45(33)42-43-39(38-30-14-6-8-16-35(30)47-41(38)44-42)26-19-22-36-32(23-26)29-13-5-7-15-34(29)46-36/h1-23H. The highest BCUT2D eigenvalue weighted by atomic mass is 16.3. The predicted molar refractivity (Wildman–Crippen MR) is 191 cm³/mol. The molecule has 0 bridgehead atoms. The van der Waals surface area contributed by atoms with E-state index >= 15 is 0 Å². The number of nitrogens with zero attached hydrogens (tertiary/aromatic N) is 3. The number of hydrogen-bond donors (Lipinski definition) is 0. The summed E-state index contributed by atoms with van der Waals surface area (Å²) in [5.41, 5.74) is 6.96. The zero-order chi connectivity index (χ0) is 30.6. The van der Waals surface area contributed by atoms with Crippen LogP contribution in [-0.4, -0.2) is 14.5 Å². The van der Waals surface area contributed by atoms with Gasteiger partial charge in [-0.3, -0.25) is 4.57 Å². The van der Waals surface area contributed by atoms with Crippen molar-refractivity contribution in [1.29, 1.82) is 0 Å². The molecule has 0 spiro atoms.